The molecule has 0 fully saturated rings. The van der Waals surface area contributed by atoms with Crippen molar-refractivity contribution >= 4 is 15.9 Å². The Bertz CT molecular complexity index is 313. The minimum absolute atomic E-state index is 0.0911. The van der Waals surface area contributed by atoms with Gasteiger partial charge in [-0.05, 0) is 12.8 Å². The Balaban J connectivity index is 3.99. The Morgan fingerprint density at radius 2 is 1.94 bits per heavy atom. The first-order valence-electron chi connectivity index (χ1n) is 5.93. The highest BCUT2D eigenvalue weighted by molar-refractivity contribution is 7.90. The fraction of sp³-hybridized carbons (Fsp3) is 0.900. The van der Waals surface area contributed by atoms with Gasteiger partial charge in [0.25, 0.3) is 0 Å². The molecule has 0 rings (SSSR count). The Kier molecular flexibility index (Phi) is 8.11. The van der Waals surface area contributed by atoms with E-state index < -0.39 is 15.3 Å². The van der Waals surface area contributed by atoms with Crippen LogP contribution in [-0.2, 0) is 14.8 Å². The number of sulfonamides is 1. The summed E-state index contributed by atoms with van der Waals surface area (Å²) in [5.41, 5.74) is 5.37. The molecule has 0 aliphatic rings. The maximum absolute atomic E-state index is 11.7. The van der Waals surface area contributed by atoms with Crippen LogP contribution < -0.4 is 15.8 Å². The molecule has 1 unspecified atom stereocenters. The van der Waals surface area contributed by atoms with Crippen molar-refractivity contribution in [1.82, 2.24) is 10.0 Å². The van der Waals surface area contributed by atoms with Gasteiger partial charge in [0.1, 0.15) is 0 Å². The van der Waals surface area contributed by atoms with Crippen molar-refractivity contribution in [2.45, 2.75) is 38.4 Å². The van der Waals surface area contributed by atoms with Crippen molar-refractivity contribution < 1.29 is 13.2 Å². The van der Waals surface area contributed by atoms with Crippen LogP contribution in [0.5, 0.6) is 0 Å². The second-order valence-electron chi connectivity index (χ2n) is 3.81. The van der Waals surface area contributed by atoms with E-state index in [9.17, 15) is 13.2 Å². The first-order chi connectivity index (χ1) is 7.97. The summed E-state index contributed by atoms with van der Waals surface area (Å²) in [6.45, 7) is 4.55. The van der Waals surface area contributed by atoms with Crippen LogP contribution in [0.15, 0.2) is 0 Å². The summed E-state index contributed by atoms with van der Waals surface area (Å²) in [7, 11) is -3.39. The summed E-state index contributed by atoms with van der Waals surface area (Å²) in [5.74, 6) is -0.143. The van der Waals surface area contributed by atoms with Crippen LogP contribution in [0.25, 0.3) is 0 Å². The van der Waals surface area contributed by atoms with Gasteiger partial charge in [0.2, 0.25) is 15.9 Å². The summed E-state index contributed by atoms with van der Waals surface area (Å²) in [4.78, 5) is 11.2. The summed E-state index contributed by atoms with van der Waals surface area (Å²) in [6.07, 6.45) is 1.48. The van der Waals surface area contributed by atoms with Gasteiger partial charge >= 0.3 is 0 Å². The van der Waals surface area contributed by atoms with E-state index in [0.29, 0.717) is 13.0 Å². The molecule has 0 aliphatic heterocycles. The lowest BCUT2D eigenvalue weighted by molar-refractivity contribution is -0.120. The van der Waals surface area contributed by atoms with Gasteiger partial charge in [-0.3, -0.25) is 4.79 Å². The number of amides is 1. The van der Waals surface area contributed by atoms with Crippen LogP contribution in [0.3, 0.4) is 0 Å². The molecular weight excluding hydrogens is 242 g/mol. The Labute approximate surface area is 103 Å². The largest absolute Gasteiger partial charge is 0.356 e. The Morgan fingerprint density at radius 1 is 1.29 bits per heavy atom. The third-order valence-electron chi connectivity index (χ3n) is 2.38. The summed E-state index contributed by atoms with van der Waals surface area (Å²) in [5, 5.41) is 2.10. The molecule has 102 valence electrons. The molecule has 0 spiro atoms. The van der Waals surface area contributed by atoms with E-state index in [1.807, 2.05) is 6.92 Å². The topological polar surface area (TPSA) is 101 Å². The van der Waals surface area contributed by atoms with E-state index in [-0.39, 0.29) is 25.4 Å². The zero-order chi connectivity index (χ0) is 13.3. The molecule has 1 amide bonds. The quantitative estimate of drug-likeness (QED) is 0.526. The lowest BCUT2D eigenvalue weighted by Crippen LogP contribution is -2.40. The lowest BCUT2D eigenvalue weighted by atomic mass is 10.3. The predicted octanol–water partition coefficient (Wildman–Crippen LogP) is -0.441. The highest BCUT2D eigenvalue weighted by Crippen LogP contribution is 2.01. The second-order valence-corrected chi connectivity index (χ2v) is 5.85. The molecule has 0 heterocycles. The van der Waals surface area contributed by atoms with Gasteiger partial charge in [0, 0.05) is 26.1 Å². The highest BCUT2D eigenvalue weighted by Gasteiger charge is 2.21. The summed E-state index contributed by atoms with van der Waals surface area (Å²) >= 11 is 0. The molecular formula is C10H23N3O3S. The number of hydrogen-bond donors (Lipinski definition) is 3. The van der Waals surface area contributed by atoms with Gasteiger partial charge in [0.15, 0.2) is 0 Å². The minimum atomic E-state index is -3.39. The zero-order valence-electron chi connectivity index (χ0n) is 10.5. The number of carbonyl (C=O) groups excluding carboxylic acids is 1. The molecule has 0 aromatic heterocycles. The Morgan fingerprint density at radius 3 is 2.41 bits per heavy atom. The fourth-order valence-electron chi connectivity index (χ4n) is 1.29. The van der Waals surface area contributed by atoms with E-state index in [0.717, 1.165) is 6.42 Å². The van der Waals surface area contributed by atoms with Crippen LogP contribution in [0, 0.1) is 0 Å². The van der Waals surface area contributed by atoms with Gasteiger partial charge in [-0.1, -0.05) is 13.8 Å². The molecule has 1 atom stereocenters. The SMILES string of the molecule is CCCNC(=O)CCNS(=O)(=O)C(CC)CN. The molecule has 0 saturated heterocycles. The molecule has 7 heteroatoms. The average molecular weight is 265 g/mol. The van der Waals surface area contributed by atoms with E-state index in [1.165, 1.54) is 0 Å². The third-order valence-corrected chi connectivity index (χ3v) is 4.39. The molecule has 0 saturated carbocycles. The van der Waals surface area contributed by atoms with Crippen LogP contribution >= 0.6 is 0 Å². The number of nitrogens with two attached hydrogens (primary N) is 1. The Hall–Kier alpha value is -0.660. The van der Waals surface area contributed by atoms with Crippen LogP contribution in [-0.4, -0.2) is 39.2 Å². The maximum Gasteiger partial charge on any atom is 0.221 e. The van der Waals surface area contributed by atoms with Crippen molar-refractivity contribution in [3.8, 4) is 0 Å². The van der Waals surface area contributed by atoms with E-state index in [2.05, 4.69) is 10.0 Å². The average Bonchev–Trinajstić information content (AvgIpc) is 2.27. The lowest BCUT2D eigenvalue weighted by Gasteiger charge is -2.14. The smallest absolute Gasteiger partial charge is 0.221 e. The molecule has 0 aromatic carbocycles. The number of hydrogen-bond acceptors (Lipinski definition) is 4. The second kappa shape index (κ2) is 8.43. The van der Waals surface area contributed by atoms with Crippen molar-refractivity contribution in [2.24, 2.45) is 5.73 Å². The van der Waals surface area contributed by atoms with Gasteiger partial charge < -0.3 is 11.1 Å². The number of carbonyl (C=O) groups is 1. The zero-order valence-corrected chi connectivity index (χ0v) is 11.3. The van der Waals surface area contributed by atoms with Gasteiger partial charge in [0.05, 0.1) is 5.25 Å². The molecule has 0 radical (unpaired) electrons. The molecule has 0 aliphatic carbocycles. The standard InChI is InChI=1S/C10H23N3O3S/c1-3-6-12-10(14)5-7-13-17(15,16)9(4-2)8-11/h9,13H,3-8,11H2,1-2H3,(H,12,14). The highest BCUT2D eigenvalue weighted by atomic mass is 32.2. The van der Waals surface area contributed by atoms with Crippen molar-refractivity contribution in [2.75, 3.05) is 19.6 Å². The first-order valence-corrected chi connectivity index (χ1v) is 7.47. The van der Waals surface area contributed by atoms with Crippen LogP contribution in [0.4, 0.5) is 0 Å². The van der Waals surface area contributed by atoms with Crippen LogP contribution in [0.1, 0.15) is 33.1 Å². The first kappa shape index (κ1) is 16.3. The van der Waals surface area contributed by atoms with Gasteiger partial charge in [-0.2, -0.15) is 0 Å². The van der Waals surface area contributed by atoms with Crippen LogP contribution in [0.2, 0.25) is 0 Å². The summed E-state index contributed by atoms with van der Waals surface area (Å²) in [6, 6.07) is 0. The minimum Gasteiger partial charge on any atom is -0.356 e. The van der Waals surface area contributed by atoms with Crippen molar-refractivity contribution in [3.63, 3.8) is 0 Å². The van der Waals surface area contributed by atoms with E-state index >= 15 is 0 Å². The number of nitrogens with one attached hydrogen (secondary N) is 2. The number of rotatable bonds is 9. The molecule has 0 bridgehead atoms. The maximum atomic E-state index is 11.7. The van der Waals surface area contributed by atoms with E-state index in [4.69, 9.17) is 5.73 Å². The normalized spacial score (nSPS) is 13.4. The summed E-state index contributed by atoms with van der Waals surface area (Å²) < 4.78 is 25.7. The van der Waals surface area contributed by atoms with Crippen molar-refractivity contribution in [1.29, 1.82) is 0 Å². The van der Waals surface area contributed by atoms with Crippen molar-refractivity contribution in [3.05, 3.63) is 0 Å². The van der Waals surface area contributed by atoms with Gasteiger partial charge in [-0.15, -0.1) is 0 Å². The molecule has 0 aromatic rings. The molecule has 4 N–H and O–H groups in total. The third kappa shape index (κ3) is 6.60. The van der Waals surface area contributed by atoms with E-state index in [1.54, 1.807) is 6.92 Å². The monoisotopic (exact) mass is 265 g/mol. The van der Waals surface area contributed by atoms with Gasteiger partial charge in [-0.25, -0.2) is 13.1 Å². The molecule has 17 heavy (non-hydrogen) atoms. The fourth-order valence-corrected chi connectivity index (χ4v) is 2.60. The predicted molar refractivity (Wildman–Crippen MR) is 68.0 cm³/mol. The molecule has 6 nitrogen and oxygen atoms in total.